The molecule has 1 amide bonds. The quantitative estimate of drug-likeness (QED) is 0.706. The van der Waals surface area contributed by atoms with Gasteiger partial charge in [0.05, 0.1) is 6.10 Å². The number of nitrogens with zero attached hydrogens (tertiary/aromatic N) is 1. The maximum Gasteiger partial charge on any atom is 0.243 e. The summed E-state index contributed by atoms with van der Waals surface area (Å²) in [7, 11) is 0. The van der Waals surface area contributed by atoms with Crippen molar-refractivity contribution < 1.29 is 9.53 Å². The van der Waals surface area contributed by atoms with Crippen LogP contribution in [0.15, 0.2) is 0 Å². The summed E-state index contributed by atoms with van der Waals surface area (Å²) in [5.74, 6) is 1.28. The van der Waals surface area contributed by atoms with Crippen molar-refractivity contribution >= 4 is 5.91 Å². The zero-order chi connectivity index (χ0) is 17.8. The van der Waals surface area contributed by atoms with Gasteiger partial charge in [0.2, 0.25) is 5.91 Å². The molecular formula is C19H38N2O2. The molecule has 0 saturated heterocycles. The molecule has 2 unspecified atom stereocenters. The summed E-state index contributed by atoms with van der Waals surface area (Å²) in [6.07, 6.45) is 2.76. The van der Waals surface area contributed by atoms with Crippen molar-refractivity contribution in [3.63, 3.8) is 0 Å². The molecule has 4 nitrogen and oxygen atoms in total. The second-order valence-electron chi connectivity index (χ2n) is 8.50. The molecule has 0 spiro atoms. The highest BCUT2D eigenvalue weighted by Gasteiger charge is 2.63. The van der Waals surface area contributed by atoms with E-state index in [0.29, 0.717) is 24.9 Å². The monoisotopic (exact) mass is 326 g/mol. The van der Waals surface area contributed by atoms with E-state index >= 15 is 0 Å². The van der Waals surface area contributed by atoms with Crippen LogP contribution in [0.5, 0.6) is 0 Å². The Morgan fingerprint density at radius 3 is 2.00 bits per heavy atom. The van der Waals surface area contributed by atoms with Gasteiger partial charge in [-0.2, -0.15) is 0 Å². The molecule has 0 radical (unpaired) electrons. The summed E-state index contributed by atoms with van der Waals surface area (Å²) in [6.45, 7) is 17.2. The number of nitrogens with two attached hydrogens (primary N) is 1. The number of amides is 1. The summed E-state index contributed by atoms with van der Waals surface area (Å²) in [6, 6.07) is 0. The first-order chi connectivity index (χ1) is 10.6. The molecule has 1 aliphatic rings. The minimum absolute atomic E-state index is 0.0819. The third-order valence-corrected chi connectivity index (χ3v) is 5.45. The lowest BCUT2D eigenvalue weighted by atomic mass is 9.54. The largest absolute Gasteiger partial charge is 0.378 e. The molecule has 0 aromatic rings. The Kier molecular flexibility index (Phi) is 7.09. The summed E-state index contributed by atoms with van der Waals surface area (Å²) in [5.41, 5.74) is 5.48. The number of hydrogen-bond acceptors (Lipinski definition) is 3. The highest BCUT2D eigenvalue weighted by molar-refractivity contribution is 5.89. The fourth-order valence-corrected chi connectivity index (χ4v) is 3.22. The van der Waals surface area contributed by atoms with Gasteiger partial charge in [0.1, 0.15) is 5.54 Å². The van der Waals surface area contributed by atoms with Crippen LogP contribution in [0.1, 0.15) is 67.7 Å². The van der Waals surface area contributed by atoms with E-state index in [0.717, 1.165) is 25.9 Å². The predicted octanol–water partition coefficient (Wildman–Crippen LogP) is 3.44. The van der Waals surface area contributed by atoms with E-state index in [-0.39, 0.29) is 17.4 Å². The molecule has 0 aromatic heterocycles. The maximum absolute atomic E-state index is 13.2. The van der Waals surface area contributed by atoms with Gasteiger partial charge in [-0.1, -0.05) is 41.5 Å². The van der Waals surface area contributed by atoms with Gasteiger partial charge in [-0.3, -0.25) is 4.79 Å². The molecule has 1 fully saturated rings. The standard InChI is InChI=1S/C19H38N2O2/c1-8-23-16-13-19(20,18(16,6)7)17(22)21(11-9-14(2)3)12-10-15(4)5/h14-16H,8-13,20H2,1-7H3. The van der Waals surface area contributed by atoms with Crippen molar-refractivity contribution in [3.8, 4) is 0 Å². The highest BCUT2D eigenvalue weighted by Crippen LogP contribution is 2.50. The van der Waals surface area contributed by atoms with Gasteiger partial charge in [0.15, 0.2) is 0 Å². The lowest BCUT2D eigenvalue weighted by Gasteiger charge is -2.58. The minimum Gasteiger partial charge on any atom is -0.378 e. The molecule has 0 heterocycles. The number of hydrogen-bond donors (Lipinski definition) is 1. The number of rotatable bonds is 9. The zero-order valence-corrected chi connectivity index (χ0v) is 16.3. The van der Waals surface area contributed by atoms with Crippen LogP contribution < -0.4 is 5.73 Å². The van der Waals surface area contributed by atoms with E-state index in [1.807, 2.05) is 11.8 Å². The SMILES string of the molecule is CCOC1CC(N)(C(=O)N(CCC(C)C)CCC(C)C)C1(C)C. The Labute approximate surface area is 143 Å². The molecule has 1 saturated carbocycles. The van der Waals surface area contributed by atoms with E-state index in [2.05, 4.69) is 41.5 Å². The van der Waals surface area contributed by atoms with Gasteiger partial charge in [0.25, 0.3) is 0 Å². The van der Waals surface area contributed by atoms with E-state index < -0.39 is 5.54 Å². The molecular weight excluding hydrogens is 288 g/mol. The van der Waals surface area contributed by atoms with Gasteiger partial charge in [-0.15, -0.1) is 0 Å². The molecule has 23 heavy (non-hydrogen) atoms. The molecule has 136 valence electrons. The van der Waals surface area contributed by atoms with Crippen molar-refractivity contribution in [1.82, 2.24) is 4.90 Å². The van der Waals surface area contributed by atoms with E-state index in [1.165, 1.54) is 0 Å². The molecule has 0 aromatic carbocycles. The number of carbonyl (C=O) groups excluding carboxylic acids is 1. The first-order valence-electron chi connectivity index (χ1n) is 9.26. The normalized spacial score (nSPS) is 26.4. The van der Waals surface area contributed by atoms with Crippen molar-refractivity contribution in [1.29, 1.82) is 0 Å². The molecule has 1 rings (SSSR count). The Morgan fingerprint density at radius 2 is 1.65 bits per heavy atom. The van der Waals surface area contributed by atoms with Crippen LogP contribution in [0.3, 0.4) is 0 Å². The van der Waals surface area contributed by atoms with Crippen molar-refractivity contribution in [2.75, 3.05) is 19.7 Å². The molecule has 0 bridgehead atoms. The fourth-order valence-electron chi connectivity index (χ4n) is 3.22. The molecule has 4 heteroatoms. The zero-order valence-electron chi connectivity index (χ0n) is 16.3. The smallest absolute Gasteiger partial charge is 0.243 e. The van der Waals surface area contributed by atoms with Crippen LogP contribution in [-0.2, 0) is 9.53 Å². The van der Waals surface area contributed by atoms with Gasteiger partial charge >= 0.3 is 0 Å². The van der Waals surface area contributed by atoms with E-state index in [1.54, 1.807) is 0 Å². The van der Waals surface area contributed by atoms with Gasteiger partial charge < -0.3 is 15.4 Å². The van der Waals surface area contributed by atoms with Crippen LogP contribution in [0.25, 0.3) is 0 Å². The Morgan fingerprint density at radius 1 is 1.17 bits per heavy atom. The van der Waals surface area contributed by atoms with Crippen LogP contribution in [-0.4, -0.2) is 42.1 Å². The van der Waals surface area contributed by atoms with E-state index in [4.69, 9.17) is 10.5 Å². The topological polar surface area (TPSA) is 55.6 Å². The highest BCUT2D eigenvalue weighted by atomic mass is 16.5. The first kappa shape index (κ1) is 20.4. The van der Waals surface area contributed by atoms with Gasteiger partial charge in [-0.25, -0.2) is 0 Å². The van der Waals surface area contributed by atoms with Crippen LogP contribution in [0.2, 0.25) is 0 Å². The van der Waals surface area contributed by atoms with Crippen LogP contribution in [0.4, 0.5) is 0 Å². The van der Waals surface area contributed by atoms with E-state index in [9.17, 15) is 4.79 Å². The second-order valence-corrected chi connectivity index (χ2v) is 8.50. The number of carbonyl (C=O) groups is 1. The van der Waals surface area contributed by atoms with Gasteiger partial charge in [0, 0.05) is 31.5 Å². The molecule has 1 aliphatic carbocycles. The van der Waals surface area contributed by atoms with Crippen molar-refractivity contribution in [2.45, 2.75) is 79.4 Å². The third kappa shape index (κ3) is 4.48. The molecule has 2 N–H and O–H groups in total. The van der Waals surface area contributed by atoms with Crippen LogP contribution >= 0.6 is 0 Å². The summed E-state index contributed by atoms with van der Waals surface area (Å²) in [4.78, 5) is 15.2. The molecule has 0 aliphatic heterocycles. The van der Waals surface area contributed by atoms with Gasteiger partial charge in [-0.05, 0) is 31.6 Å². The fraction of sp³-hybridized carbons (Fsp3) is 0.947. The van der Waals surface area contributed by atoms with Crippen LogP contribution in [0, 0.1) is 17.3 Å². The lowest BCUT2D eigenvalue weighted by Crippen LogP contribution is -2.76. The van der Waals surface area contributed by atoms with Crippen molar-refractivity contribution in [3.05, 3.63) is 0 Å². The Bertz CT molecular complexity index is 381. The first-order valence-corrected chi connectivity index (χ1v) is 9.26. The Hall–Kier alpha value is -0.610. The summed E-state index contributed by atoms with van der Waals surface area (Å²) >= 11 is 0. The average Bonchev–Trinajstić information content (AvgIpc) is 2.45. The maximum atomic E-state index is 13.2. The third-order valence-electron chi connectivity index (χ3n) is 5.45. The lowest BCUT2D eigenvalue weighted by molar-refractivity contribution is -0.179. The van der Waals surface area contributed by atoms with Crippen molar-refractivity contribution in [2.24, 2.45) is 23.0 Å². The Balaban J connectivity index is 2.82. The average molecular weight is 327 g/mol. The second kappa shape index (κ2) is 7.98. The molecule has 2 atom stereocenters. The summed E-state index contributed by atoms with van der Waals surface area (Å²) in [5, 5.41) is 0. The number of ether oxygens (including phenoxy) is 1. The predicted molar refractivity (Wildman–Crippen MR) is 96.2 cm³/mol. The summed E-state index contributed by atoms with van der Waals surface area (Å²) < 4.78 is 5.76. The minimum atomic E-state index is -0.791.